The molecule has 2 atom stereocenters. The maximum Gasteiger partial charge on any atom is 0.237 e. The molecule has 4 heteroatoms. The van der Waals surface area contributed by atoms with Crippen LogP contribution in [0.4, 0.5) is 0 Å². The Labute approximate surface area is 123 Å². The van der Waals surface area contributed by atoms with Crippen LogP contribution in [0.15, 0.2) is 0 Å². The van der Waals surface area contributed by atoms with Crippen LogP contribution in [0.25, 0.3) is 0 Å². The second-order valence-electron chi connectivity index (χ2n) is 6.30. The Morgan fingerprint density at radius 1 is 1.15 bits per heavy atom. The Morgan fingerprint density at radius 3 is 2.60 bits per heavy atom. The van der Waals surface area contributed by atoms with Crippen LogP contribution in [0, 0.1) is 0 Å². The van der Waals surface area contributed by atoms with Gasteiger partial charge in [0.25, 0.3) is 0 Å². The quantitative estimate of drug-likeness (QED) is 0.786. The molecule has 2 N–H and O–H groups in total. The van der Waals surface area contributed by atoms with Gasteiger partial charge in [0.2, 0.25) is 5.91 Å². The highest BCUT2D eigenvalue weighted by Gasteiger charge is 2.20. The van der Waals surface area contributed by atoms with Gasteiger partial charge in [-0.05, 0) is 52.0 Å². The van der Waals surface area contributed by atoms with E-state index in [1.165, 1.54) is 38.5 Å². The molecule has 0 radical (unpaired) electrons. The Hall–Kier alpha value is -0.610. The molecule has 1 heterocycles. The topological polar surface area (TPSA) is 50.4 Å². The third kappa shape index (κ3) is 5.41. The molecule has 1 saturated heterocycles. The number of carbonyl (C=O) groups is 1. The van der Waals surface area contributed by atoms with Gasteiger partial charge in [0, 0.05) is 12.6 Å². The lowest BCUT2D eigenvalue weighted by Crippen LogP contribution is -2.47. The standard InChI is InChI=1S/C16H30N2O2/c1-13(16(19)18-14-7-3-2-4-8-14)17-11-10-15-9-5-6-12-20-15/h13-15,17H,2-12H2,1H3,(H,18,19). The van der Waals surface area contributed by atoms with Gasteiger partial charge in [-0.25, -0.2) is 0 Å². The van der Waals surface area contributed by atoms with E-state index in [4.69, 9.17) is 4.74 Å². The van der Waals surface area contributed by atoms with Crippen molar-refractivity contribution in [1.29, 1.82) is 0 Å². The van der Waals surface area contributed by atoms with Gasteiger partial charge in [0.1, 0.15) is 0 Å². The summed E-state index contributed by atoms with van der Waals surface area (Å²) in [5.41, 5.74) is 0. The van der Waals surface area contributed by atoms with Gasteiger partial charge < -0.3 is 15.4 Å². The highest BCUT2D eigenvalue weighted by molar-refractivity contribution is 5.81. The molecule has 0 aromatic carbocycles. The maximum atomic E-state index is 12.1. The first-order valence-electron chi connectivity index (χ1n) is 8.41. The van der Waals surface area contributed by atoms with Crippen molar-refractivity contribution in [1.82, 2.24) is 10.6 Å². The molecular weight excluding hydrogens is 252 g/mol. The summed E-state index contributed by atoms with van der Waals surface area (Å²) in [6, 6.07) is 0.308. The Bertz CT molecular complexity index is 284. The van der Waals surface area contributed by atoms with Crippen LogP contribution < -0.4 is 10.6 Å². The average Bonchev–Trinajstić information content (AvgIpc) is 2.49. The van der Waals surface area contributed by atoms with E-state index in [0.29, 0.717) is 12.1 Å². The van der Waals surface area contributed by atoms with Crippen LogP contribution in [0.5, 0.6) is 0 Å². The minimum absolute atomic E-state index is 0.0967. The molecule has 0 aromatic rings. The molecule has 0 bridgehead atoms. The van der Waals surface area contributed by atoms with Gasteiger partial charge in [-0.15, -0.1) is 0 Å². The Morgan fingerprint density at radius 2 is 1.90 bits per heavy atom. The van der Waals surface area contributed by atoms with Gasteiger partial charge in [-0.1, -0.05) is 19.3 Å². The first-order valence-corrected chi connectivity index (χ1v) is 8.41. The van der Waals surface area contributed by atoms with Crippen molar-refractivity contribution < 1.29 is 9.53 Å². The van der Waals surface area contributed by atoms with Gasteiger partial charge >= 0.3 is 0 Å². The minimum atomic E-state index is -0.0967. The van der Waals surface area contributed by atoms with E-state index in [-0.39, 0.29) is 11.9 Å². The van der Waals surface area contributed by atoms with E-state index in [2.05, 4.69) is 10.6 Å². The highest BCUT2D eigenvalue weighted by Crippen LogP contribution is 2.17. The van der Waals surface area contributed by atoms with Crippen LogP contribution in [-0.4, -0.2) is 37.2 Å². The first kappa shape index (κ1) is 15.8. The number of hydrogen-bond acceptors (Lipinski definition) is 3. The summed E-state index contributed by atoms with van der Waals surface area (Å²) in [5.74, 6) is 0.154. The number of nitrogens with one attached hydrogen (secondary N) is 2. The van der Waals surface area contributed by atoms with Crippen molar-refractivity contribution in [3.8, 4) is 0 Å². The first-order chi connectivity index (χ1) is 9.75. The third-order valence-electron chi connectivity index (χ3n) is 4.54. The number of hydrogen-bond donors (Lipinski definition) is 2. The zero-order chi connectivity index (χ0) is 14.2. The second-order valence-corrected chi connectivity index (χ2v) is 6.30. The Kier molecular flexibility index (Phi) is 6.80. The van der Waals surface area contributed by atoms with Crippen molar-refractivity contribution in [3.05, 3.63) is 0 Å². The van der Waals surface area contributed by atoms with Crippen molar-refractivity contribution in [2.45, 2.75) is 82.9 Å². The molecule has 2 rings (SSSR count). The zero-order valence-corrected chi connectivity index (χ0v) is 12.8. The zero-order valence-electron chi connectivity index (χ0n) is 12.8. The van der Waals surface area contributed by atoms with E-state index >= 15 is 0 Å². The summed E-state index contributed by atoms with van der Waals surface area (Å²) in [5, 5.41) is 6.50. The van der Waals surface area contributed by atoms with Gasteiger partial charge in [-0.3, -0.25) is 4.79 Å². The van der Waals surface area contributed by atoms with Gasteiger partial charge in [0.15, 0.2) is 0 Å². The molecule has 20 heavy (non-hydrogen) atoms. The minimum Gasteiger partial charge on any atom is -0.378 e. The van der Waals surface area contributed by atoms with Crippen LogP contribution >= 0.6 is 0 Å². The molecule has 2 aliphatic rings. The van der Waals surface area contributed by atoms with Gasteiger partial charge in [-0.2, -0.15) is 0 Å². The summed E-state index contributed by atoms with van der Waals surface area (Å²) in [7, 11) is 0. The molecule has 1 aliphatic carbocycles. The molecule has 116 valence electrons. The summed E-state index contributed by atoms with van der Waals surface area (Å²) in [6.07, 6.45) is 11.2. The predicted molar refractivity (Wildman–Crippen MR) is 80.7 cm³/mol. The lowest BCUT2D eigenvalue weighted by atomic mass is 9.95. The summed E-state index contributed by atoms with van der Waals surface area (Å²) in [6.45, 7) is 3.73. The molecule has 2 unspecified atom stereocenters. The second kappa shape index (κ2) is 8.63. The fraction of sp³-hybridized carbons (Fsp3) is 0.938. The van der Waals surface area contributed by atoms with E-state index < -0.39 is 0 Å². The number of ether oxygens (including phenoxy) is 1. The number of amides is 1. The fourth-order valence-corrected chi connectivity index (χ4v) is 3.16. The van der Waals surface area contributed by atoms with E-state index in [0.717, 1.165) is 32.4 Å². The smallest absolute Gasteiger partial charge is 0.237 e. The number of rotatable bonds is 6. The maximum absolute atomic E-state index is 12.1. The molecule has 1 amide bonds. The van der Waals surface area contributed by atoms with E-state index in [1.54, 1.807) is 0 Å². The Balaban J connectivity index is 1.58. The molecule has 1 saturated carbocycles. The molecule has 2 fully saturated rings. The van der Waals surface area contributed by atoms with Crippen molar-refractivity contribution >= 4 is 5.91 Å². The predicted octanol–water partition coefficient (Wildman–Crippen LogP) is 2.37. The largest absolute Gasteiger partial charge is 0.378 e. The van der Waals surface area contributed by atoms with E-state index in [1.807, 2.05) is 6.92 Å². The van der Waals surface area contributed by atoms with Crippen molar-refractivity contribution in [3.63, 3.8) is 0 Å². The van der Waals surface area contributed by atoms with E-state index in [9.17, 15) is 4.79 Å². The lowest BCUT2D eigenvalue weighted by Gasteiger charge is -2.26. The molecule has 0 spiro atoms. The highest BCUT2D eigenvalue weighted by atomic mass is 16.5. The van der Waals surface area contributed by atoms with Crippen molar-refractivity contribution in [2.24, 2.45) is 0 Å². The SMILES string of the molecule is CC(NCCC1CCCCO1)C(=O)NC1CCCCC1. The summed E-state index contributed by atoms with van der Waals surface area (Å²) in [4.78, 5) is 12.1. The van der Waals surface area contributed by atoms with Crippen LogP contribution in [0.1, 0.15) is 64.7 Å². The fourth-order valence-electron chi connectivity index (χ4n) is 3.16. The third-order valence-corrected chi connectivity index (χ3v) is 4.54. The molecular formula is C16H30N2O2. The van der Waals surface area contributed by atoms with Gasteiger partial charge in [0.05, 0.1) is 12.1 Å². The monoisotopic (exact) mass is 282 g/mol. The van der Waals surface area contributed by atoms with Crippen LogP contribution in [0.2, 0.25) is 0 Å². The average molecular weight is 282 g/mol. The van der Waals surface area contributed by atoms with Crippen LogP contribution in [-0.2, 0) is 9.53 Å². The summed E-state index contributed by atoms with van der Waals surface area (Å²) >= 11 is 0. The molecule has 4 nitrogen and oxygen atoms in total. The molecule has 0 aromatic heterocycles. The van der Waals surface area contributed by atoms with Crippen LogP contribution in [0.3, 0.4) is 0 Å². The van der Waals surface area contributed by atoms with Crippen molar-refractivity contribution in [2.75, 3.05) is 13.2 Å². The normalized spacial score (nSPS) is 26.1. The summed E-state index contributed by atoms with van der Waals surface area (Å²) < 4.78 is 5.70. The lowest BCUT2D eigenvalue weighted by molar-refractivity contribution is -0.123. The molecule has 1 aliphatic heterocycles. The number of carbonyl (C=O) groups excluding carboxylic acids is 1.